The van der Waals surface area contributed by atoms with E-state index >= 15 is 0 Å². The summed E-state index contributed by atoms with van der Waals surface area (Å²) in [5.41, 5.74) is 0. The van der Waals surface area contributed by atoms with Gasteiger partial charge in [-0.1, -0.05) is 12.8 Å². The molecular weight excluding hydrogens is 260 g/mol. The zero-order valence-corrected chi connectivity index (χ0v) is 11.5. The van der Waals surface area contributed by atoms with E-state index in [1.165, 1.54) is 31.7 Å². The molecule has 0 aliphatic heterocycles. The smallest absolute Gasteiger partial charge is 0.371 e. The van der Waals surface area contributed by atoms with Gasteiger partial charge in [0.25, 0.3) is 0 Å². The van der Waals surface area contributed by atoms with Crippen LogP contribution in [-0.2, 0) is 6.54 Å². The van der Waals surface area contributed by atoms with E-state index < -0.39 is 5.97 Å². The summed E-state index contributed by atoms with van der Waals surface area (Å²) < 4.78 is 5.06. The third-order valence-electron chi connectivity index (χ3n) is 3.76. The second kappa shape index (κ2) is 6.45. The first kappa shape index (κ1) is 14.4. The van der Waals surface area contributed by atoms with Crippen molar-refractivity contribution in [3.8, 4) is 0 Å². The number of hydrogen-bond acceptors (Lipinski definition) is 3. The summed E-state index contributed by atoms with van der Waals surface area (Å²) in [6, 6.07) is 2.82. The molecule has 3 N–H and O–H groups in total. The number of urea groups is 1. The average molecular weight is 280 g/mol. The van der Waals surface area contributed by atoms with E-state index in [1.54, 1.807) is 6.07 Å². The van der Waals surface area contributed by atoms with E-state index in [-0.39, 0.29) is 24.4 Å². The molecule has 0 aromatic carbocycles. The summed E-state index contributed by atoms with van der Waals surface area (Å²) in [6.45, 7) is 2.20. The highest BCUT2D eigenvalue weighted by atomic mass is 16.4. The minimum atomic E-state index is -1.12. The Hall–Kier alpha value is -1.98. The van der Waals surface area contributed by atoms with Gasteiger partial charge in [-0.3, -0.25) is 0 Å². The van der Waals surface area contributed by atoms with Crippen LogP contribution in [0, 0.1) is 5.92 Å². The minimum Gasteiger partial charge on any atom is -0.475 e. The van der Waals surface area contributed by atoms with Crippen molar-refractivity contribution in [3.63, 3.8) is 0 Å². The number of nitrogens with one attached hydrogen (secondary N) is 2. The Bertz CT molecular complexity index is 477. The van der Waals surface area contributed by atoms with E-state index in [9.17, 15) is 9.59 Å². The fraction of sp³-hybridized carbons (Fsp3) is 0.571. The molecule has 110 valence electrons. The largest absolute Gasteiger partial charge is 0.475 e. The number of carbonyl (C=O) groups excluding carboxylic acids is 1. The summed E-state index contributed by atoms with van der Waals surface area (Å²) in [5, 5.41) is 14.3. The van der Waals surface area contributed by atoms with Gasteiger partial charge in [0.05, 0.1) is 6.54 Å². The van der Waals surface area contributed by atoms with Gasteiger partial charge in [-0.25, -0.2) is 9.59 Å². The molecule has 0 bridgehead atoms. The van der Waals surface area contributed by atoms with E-state index in [1.807, 2.05) is 6.92 Å². The predicted octanol–water partition coefficient (Wildman–Crippen LogP) is 2.36. The van der Waals surface area contributed by atoms with Crippen LogP contribution in [-0.4, -0.2) is 23.1 Å². The van der Waals surface area contributed by atoms with Crippen LogP contribution < -0.4 is 10.6 Å². The van der Waals surface area contributed by atoms with Gasteiger partial charge < -0.3 is 20.2 Å². The first-order valence-corrected chi connectivity index (χ1v) is 6.92. The predicted molar refractivity (Wildman–Crippen MR) is 72.5 cm³/mol. The molecule has 1 saturated carbocycles. The van der Waals surface area contributed by atoms with Crippen molar-refractivity contribution in [2.24, 2.45) is 5.92 Å². The van der Waals surface area contributed by atoms with Crippen molar-refractivity contribution in [1.82, 2.24) is 10.6 Å². The Morgan fingerprint density at radius 2 is 2.10 bits per heavy atom. The summed E-state index contributed by atoms with van der Waals surface area (Å²) in [7, 11) is 0. The maximum atomic E-state index is 11.7. The minimum absolute atomic E-state index is 0.124. The van der Waals surface area contributed by atoms with Crippen LogP contribution in [0.4, 0.5) is 4.79 Å². The Kier molecular flexibility index (Phi) is 4.65. The molecule has 1 aromatic heterocycles. The van der Waals surface area contributed by atoms with Crippen molar-refractivity contribution in [3.05, 3.63) is 23.7 Å². The van der Waals surface area contributed by atoms with Crippen LogP contribution >= 0.6 is 0 Å². The molecule has 0 saturated heterocycles. The SMILES string of the molecule is CC(NC(=O)NCc1ccc(C(=O)O)o1)C1CCCC1. The lowest BCUT2D eigenvalue weighted by atomic mass is 10.0. The van der Waals surface area contributed by atoms with Crippen molar-refractivity contribution in [1.29, 1.82) is 0 Å². The number of aromatic carboxylic acids is 1. The van der Waals surface area contributed by atoms with Crippen molar-refractivity contribution in [2.75, 3.05) is 0 Å². The molecule has 20 heavy (non-hydrogen) atoms. The van der Waals surface area contributed by atoms with Crippen LogP contribution in [0.2, 0.25) is 0 Å². The lowest BCUT2D eigenvalue weighted by Gasteiger charge is -2.20. The van der Waals surface area contributed by atoms with Gasteiger partial charge in [-0.05, 0) is 37.8 Å². The summed E-state index contributed by atoms with van der Waals surface area (Å²) in [6.07, 6.45) is 4.81. The van der Waals surface area contributed by atoms with Gasteiger partial charge >= 0.3 is 12.0 Å². The molecule has 6 nitrogen and oxygen atoms in total. The number of carboxylic acid groups (broad SMARTS) is 1. The second-order valence-electron chi connectivity index (χ2n) is 5.23. The van der Waals surface area contributed by atoms with Crippen molar-refractivity contribution >= 4 is 12.0 Å². The molecule has 1 fully saturated rings. The quantitative estimate of drug-likeness (QED) is 0.772. The standard InChI is InChI=1S/C14H20N2O4/c1-9(10-4-2-3-5-10)16-14(19)15-8-11-6-7-12(20-11)13(17)18/h6-7,9-10H,2-5,8H2,1H3,(H,17,18)(H2,15,16,19). The molecule has 0 spiro atoms. The fourth-order valence-electron chi connectivity index (χ4n) is 2.59. The van der Waals surface area contributed by atoms with Crippen molar-refractivity contribution < 1.29 is 19.1 Å². The highest BCUT2D eigenvalue weighted by Crippen LogP contribution is 2.27. The molecule has 1 atom stereocenters. The average Bonchev–Trinajstić information content (AvgIpc) is 3.07. The van der Waals surface area contributed by atoms with Crippen LogP contribution in [0.1, 0.15) is 48.9 Å². The molecule has 0 radical (unpaired) electrons. The fourth-order valence-corrected chi connectivity index (χ4v) is 2.59. The van der Waals surface area contributed by atoms with Crippen LogP contribution in [0.25, 0.3) is 0 Å². The summed E-state index contributed by atoms with van der Waals surface area (Å²) >= 11 is 0. The number of amides is 2. The Labute approximate surface area is 117 Å². The molecule has 1 aromatic rings. The third-order valence-corrected chi connectivity index (χ3v) is 3.76. The Balaban J connectivity index is 1.75. The summed E-state index contributed by atoms with van der Waals surface area (Å²) in [4.78, 5) is 22.4. The number of rotatable bonds is 5. The zero-order valence-electron chi connectivity index (χ0n) is 11.5. The second-order valence-corrected chi connectivity index (χ2v) is 5.23. The van der Waals surface area contributed by atoms with Gasteiger partial charge in [0.15, 0.2) is 0 Å². The molecule has 2 rings (SSSR count). The van der Waals surface area contributed by atoms with Gasteiger partial charge in [-0.2, -0.15) is 0 Å². The molecular formula is C14H20N2O4. The normalized spacial score (nSPS) is 16.9. The van der Waals surface area contributed by atoms with E-state index in [0.717, 1.165) is 0 Å². The highest BCUT2D eigenvalue weighted by molar-refractivity contribution is 5.84. The number of carbonyl (C=O) groups is 2. The lowest BCUT2D eigenvalue weighted by Crippen LogP contribution is -2.43. The van der Waals surface area contributed by atoms with E-state index in [0.29, 0.717) is 11.7 Å². The molecule has 2 amide bonds. The first-order chi connectivity index (χ1) is 9.56. The third kappa shape index (κ3) is 3.76. The van der Waals surface area contributed by atoms with Crippen LogP contribution in [0.5, 0.6) is 0 Å². The molecule has 6 heteroatoms. The highest BCUT2D eigenvalue weighted by Gasteiger charge is 2.22. The van der Waals surface area contributed by atoms with Gasteiger partial charge in [0.1, 0.15) is 5.76 Å². The van der Waals surface area contributed by atoms with Crippen molar-refractivity contribution in [2.45, 2.75) is 45.2 Å². The zero-order chi connectivity index (χ0) is 14.5. The Morgan fingerprint density at radius 3 is 2.70 bits per heavy atom. The molecule has 1 aliphatic rings. The van der Waals surface area contributed by atoms with Gasteiger partial charge in [-0.15, -0.1) is 0 Å². The van der Waals surface area contributed by atoms with Crippen LogP contribution in [0.3, 0.4) is 0 Å². The van der Waals surface area contributed by atoms with Crippen LogP contribution in [0.15, 0.2) is 16.5 Å². The summed E-state index contributed by atoms with van der Waals surface area (Å²) in [5.74, 6) is -0.258. The van der Waals surface area contributed by atoms with E-state index in [4.69, 9.17) is 9.52 Å². The molecule has 1 aliphatic carbocycles. The molecule has 1 heterocycles. The van der Waals surface area contributed by atoms with Gasteiger partial charge in [0, 0.05) is 6.04 Å². The number of furan rings is 1. The first-order valence-electron chi connectivity index (χ1n) is 6.92. The topological polar surface area (TPSA) is 91.6 Å². The molecule has 1 unspecified atom stereocenters. The maximum absolute atomic E-state index is 11.7. The van der Waals surface area contributed by atoms with Gasteiger partial charge in [0.2, 0.25) is 5.76 Å². The monoisotopic (exact) mass is 280 g/mol. The number of carboxylic acids is 1. The number of hydrogen-bond donors (Lipinski definition) is 3. The Morgan fingerprint density at radius 1 is 1.40 bits per heavy atom. The maximum Gasteiger partial charge on any atom is 0.371 e. The van der Waals surface area contributed by atoms with E-state index in [2.05, 4.69) is 10.6 Å². The lowest BCUT2D eigenvalue weighted by molar-refractivity contribution is 0.0660.